The molecule has 0 saturated carbocycles. The fourth-order valence-corrected chi connectivity index (χ4v) is 2.77. The molecule has 8 heteroatoms. The van der Waals surface area contributed by atoms with E-state index in [0.717, 1.165) is 35.6 Å². The molecule has 0 saturated heterocycles. The third-order valence-electron chi connectivity index (χ3n) is 5.18. The van der Waals surface area contributed by atoms with Gasteiger partial charge in [0.2, 0.25) is 0 Å². The summed E-state index contributed by atoms with van der Waals surface area (Å²) in [5.41, 5.74) is 1.30. The van der Waals surface area contributed by atoms with Crippen LogP contribution in [0.4, 0.5) is 22.0 Å². The molecule has 0 aliphatic carbocycles. The molecule has 0 aromatic heterocycles. The van der Waals surface area contributed by atoms with Crippen molar-refractivity contribution in [3.05, 3.63) is 42.0 Å². The van der Waals surface area contributed by atoms with Gasteiger partial charge in [-0.15, -0.1) is 0 Å². The Morgan fingerprint density at radius 3 is 2.23 bits per heavy atom. The van der Waals surface area contributed by atoms with Crippen molar-refractivity contribution < 1.29 is 36.2 Å². The van der Waals surface area contributed by atoms with Gasteiger partial charge < -0.3 is 9.47 Å². The van der Waals surface area contributed by atoms with Gasteiger partial charge in [0.25, 0.3) is 0 Å². The highest BCUT2D eigenvalue weighted by Crippen LogP contribution is 2.35. The van der Waals surface area contributed by atoms with Crippen molar-refractivity contribution in [2.24, 2.45) is 5.41 Å². The van der Waals surface area contributed by atoms with Gasteiger partial charge in [0.05, 0.1) is 0 Å². The van der Waals surface area contributed by atoms with Crippen molar-refractivity contribution in [3.63, 3.8) is 0 Å². The Morgan fingerprint density at radius 2 is 1.60 bits per heavy atom. The molecule has 2 aromatic rings. The third-order valence-corrected chi connectivity index (χ3v) is 5.18. The quantitative estimate of drug-likeness (QED) is 0.343. The molecule has 0 bridgehead atoms. The lowest BCUT2D eigenvalue weighted by Gasteiger charge is -2.23. The second kappa shape index (κ2) is 9.18. The maximum absolute atomic E-state index is 12.8. The normalized spacial score (nSPS) is 12.8. The topological polar surface area (TPSA) is 35.5 Å². The summed E-state index contributed by atoms with van der Waals surface area (Å²) in [6, 6.07) is 10.9. The van der Waals surface area contributed by atoms with Crippen LogP contribution in [0.25, 0.3) is 10.8 Å². The number of hydrogen-bond donors (Lipinski definition) is 0. The first-order valence-electron chi connectivity index (χ1n) is 9.60. The highest BCUT2D eigenvalue weighted by Gasteiger charge is 2.58. The Kier molecular flexibility index (Phi) is 7.31. The number of fused-ring (bicyclic) bond motifs is 1. The van der Waals surface area contributed by atoms with E-state index in [-0.39, 0.29) is 5.41 Å². The molecule has 0 heterocycles. The molecule has 0 unspecified atom stereocenters. The minimum Gasteiger partial charge on any atom is -0.481 e. The van der Waals surface area contributed by atoms with Gasteiger partial charge in [-0.3, -0.25) is 0 Å². The number of rotatable bonds is 9. The van der Waals surface area contributed by atoms with Gasteiger partial charge in [-0.2, -0.15) is 22.0 Å². The maximum Gasteiger partial charge on any atom is 0.456 e. The third kappa shape index (κ3) is 6.06. The number of hydrogen-bond acceptors (Lipinski definition) is 3. The predicted molar refractivity (Wildman–Crippen MR) is 104 cm³/mol. The molecule has 0 spiro atoms. The lowest BCUT2D eigenvalue weighted by atomic mass is 9.83. The summed E-state index contributed by atoms with van der Waals surface area (Å²) in [5, 5.41) is 1.65. The van der Waals surface area contributed by atoms with E-state index in [1.54, 1.807) is 18.2 Å². The van der Waals surface area contributed by atoms with Crippen molar-refractivity contribution >= 4 is 16.7 Å². The van der Waals surface area contributed by atoms with Gasteiger partial charge >= 0.3 is 18.1 Å². The standard InChI is InChI=1S/C22H25F5O3/c1-4-20(2,3)12-11-15-7-5-9-17-16(15)8-6-10-18(17)29-13-19(28)30-14-21(23,24)22(25,26)27/h5-10H,4,11-14H2,1-3H3. The first-order chi connectivity index (χ1) is 13.9. The van der Waals surface area contributed by atoms with Crippen LogP contribution in [0.15, 0.2) is 36.4 Å². The molecule has 0 amide bonds. The minimum absolute atomic E-state index is 0.193. The maximum atomic E-state index is 12.8. The summed E-state index contributed by atoms with van der Waals surface area (Å²) < 4.78 is 71.5. The largest absolute Gasteiger partial charge is 0.481 e. The van der Waals surface area contributed by atoms with Crippen LogP contribution in [0.2, 0.25) is 0 Å². The van der Waals surface area contributed by atoms with Crippen molar-refractivity contribution in [1.82, 2.24) is 0 Å². The minimum atomic E-state index is -5.79. The van der Waals surface area contributed by atoms with Gasteiger partial charge in [0, 0.05) is 5.39 Å². The summed E-state index contributed by atoms with van der Waals surface area (Å²) in [7, 11) is 0. The Labute approximate surface area is 172 Å². The van der Waals surface area contributed by atoms with Crippen molar-refractivity contribution in [1.29, 1.82) is 0 Å². The average molecular weight is 432 g/mol. The van der Waals surface area contributed by atoms with Crippen LogP contribution >= 0.6 is 0 Å². The number of esters is 1. The molecule has 2 aromatic carbocycles. The van der Waals surface area contributed by atoms with Gasteiger partial charge in [0.1, 0.15) is 5.75 Å². The van der Waals surface area contributed by atoms with Crippen molar-refractivity contribution in [2.75, 3.05) is 13.2 Å². The molecule has 0 fully saturated rings. The number of benzene rings is 2. The highest BCUT2D eigenvalue weighted by molar-refractivity contribution is 5.91. The molecule has 0 aliphatic rings. The first kappa shape index (κ1) is 23.9. The first-order valence-corrected chi connectivity index (χ1v) is 9.60. The van der Waals surface area contributed by atoms with Crippen LogP contribution in [0.3, 0.4) is 0 Å². The molecule has 0 N–H and O–H groups in total. The van der Waals surface area contributed by atoms with E-state index in [4.69, 9.17) is 4.74 Å². The Balaban J connectivity index is 2.07. The van der Waals surface area contributed by atoms with Crippen molar-refractivity contribution in [3.8, 4) is 5.75 Å². The number of halogens is 5. The van der Waals surface area contributed by atoms with Gasteiger partial charge in [-0.1, -0.05) is 57.5 Å². The summed E-state index contributed by atoms with van der Waals surface area (Å²) in [6.45, 7) is 3.67. The van der Waals surface area contributed by atoms with Gasteiger partial charge in [-0.05, 0) is 35.3 Å². The van der Waals surface area contributed by atoms with E-state index in [1.165, 1.54) is 0 Å². The van der Waals surface area contributed by atoms with E-state index in [9.17, 15) is 26.7 Å². The smallest absolute Gasteiger partial charge is 0.456 e. The molecular weight excluding hydrogens is 407 g/mol. The van der Waals surface area contributed by atoms with E-state index in [0.29, 0.717) is 5.75 Å². The zero-order chi connectivity index (χ0) is 22.6. The number of carbonyl (C=O) groups is 1. The molecule has 166 valence electrons. The predicted octanol–water partition coefficient (Wildman–Crippen LogP) is 6.33. The Morgan fingerprint density at radius 1 is 0.967 bits per heavy atom. The lowest BCUT2D eigenvalue weighted by molar-refractivity contribution is -0.294. The zero-order valence-electron chi connectivity index (χ0n) is 17.1. The molecule has 0 atom stereocenters. The summed E-state index contributed by atoms with van der Waals surface area (Å²) in [4.78, 5) is 11.6. The van der Waals surface area contributed by atoms with E-state index in [1.807, 2.05) is 18.2 Å². The monoisotopic (exact) mass is 432 g/mol. The molecule has 0 aliphatic heterocycles. The van der Waals surface area contributed by atoms with E-state index < -0.39 is 31.3 Å². The van der Waals surface area contributed by atoms with E-state index >= 15 is 0 Å². The SMILES string of the molecule is CCC(C)(C)CCc1cccc2c(OCC(=O)OCC(F)(F)C(F)(F)F)cccc12. The molecule has 3 nitrogen and oxygen atoms in total. The number of ether oxygens (including phenoxy) is 2. The molecule has 0 radical (unpaired) electrons. The van der Waals surface area contributed by atoms with Crippen LogP contribution in [-0.4, -0.2) is 31.3 Å². The molecule has 2 rings (SSSR count). The summed E-state index contributed by atoms with van der Waals surface area (Å²) in [6.07, 6.45) is -2.92. The highest BCUT2D eigenvalue weighted by atomic mass is 19.4. The zero-order valence-corrected chi connectivity index (χ0v) is 17.1. The van der Waals surface area contributed by atoms with Crippen LogP contribution in [0.5, 0.6) is 5.75 Å². The second-order valence-corrected chi connectivity index (χ2v) is 7.94. The molecule has 30 heavy (non-hydrogen) atoms. The lowest BCUT2D eigenvalue weighted by Crippen LogP contribution is -2.41. The van der Waals surface area contributed by atoms with E-state index in [2.05, 4.69) is 25.5 Å². The fourth-order valence-electron chi connectivity index (χ4n) is 2.77. The number of alkyl halides is 5. The van der Waals surface area contributed by atoms with Gasteiger partial charge in [0.15, 0.2) is 13.2 Å². The number of aryl methyl sites for hydroxylation is 1. The van der Waals surface area contributed by atoms with Crippen LogP contribution in [0, 0.1) is 5.41 Å². The Hall–Kier alpha value is -2.38. The molecular formula is C22H25F5O3. The fraction of sp³-hybridized carbons (Fsp3) is 0.500. The average Bonchev–Trinajstić information content (AvgIpc) is 2.68. The second-order valence-electron chi connectivity index (χ2n) is 7.94. The van der Waals surface area contributed by atoms with Gasteiger partial charge in [-0.25, -0.2) is 4.79 Å². The summed E-state index contributed by atoms with van der Waals surface area (Å²) in [5.74, 6) is -6.09. The summed E-state index contributed by atoms with van der Waals surface area (Å²) >= 11 is 0. The Bertz CT molecular complexity index is 875. The van der Waals surface area contributed by atoms with Crippen LogP contribution in [0.1, 0.15) is 39.2 Å². The van der Waals surface area contributed by atoms with Crippen molar-refractivity contribution in [2.45, 2.75) is 52.1 Å². The number of carbonyl (C=O) groups excluding carboxylic acids is 1. The van der Waals surface area contributed by atoms with Crippen LogP contribution in [-0.2, 0) is 16.0 Å². The van der Waals surface area contributed by atoms with Crippen LogP contribution < -0.4 is 4.74 Å².